The smallest absolute Gasteiger partial charge is 0.127 e. The summed E-state index contributed by atoms with van der Waals surface area (Å²) in [6.45, 7) is 1.81. The van der Waals surface area contributed by atoms with Gasteiger partial charge in [0.2, 0.25) is 0 Å². The minimum atomic E-state index is 0.817. The molecular weight excluding hydrogens is 222 g/mol. The molecule has 0 bridgehead atoms. The van der Waals surface area contributed by atoms with E-state index in [2.05, 4.69) is 24.6 Å². The first-order chi connectivity index (χ1) is 7.71. The van der Waals surface area contributed by atoms with E-state index in [1.54, 1.807) is 14.2 Å². The van der Waals surface area contributed by atoms with Gasteiger partial charge in [0, 0.05) is 30.5 Å². The Morgan fingerprint density at radius 1 is 1.25 bits per heavy atom. The second-order valence-corrected chi connectivity index (χ2v) is 4.09. The molecular formula is C12H19NO2S. The highest BCUT2D eigenvalue weighted by Gasteiger charge is 2.07. The fourth-order valence-electron chi connectivity index (χ4n) is 1.52. The summed E-state index contributed by atoms with van der Waals surface area (Å²) >= 11 is 4.21. The molecule has 0 heterocycles. The molecule has 1 aromatic rings. The largest absolute Gasteiger partial charge is 0.497 e. The Balaban J connectivity index is 2.78. The Labute approximate surface area is 103 Å². The number of nitrogens with zero attached hydrogens (tertiary/aromatic N) is 1. The van der Waals surface area contributed by atoms with Crippen LogP contribution in [0.2, 0.25) is 0 Å². The molecule has 0 saturated heterocycles. The summed E-state index contributed by atoms with van der Waals surface area (Å²) in [7, 11) is 5.40. The van der Waals surface area contributed by atoms with Gasteiger partial charge in [0.1, 0.15) is 11.5 Å². The van der Waals surface area contributed by atoms with Crippen molar-refractivity contribution in [3.63, 3.8) is 0 Å². The standard InChI is InChI=1S/C12H19NO2S/c1-13(6-7-16)9-10-4-5-11(14-2)8-12(10)15-3/h4-5,8,16H,6-7,9H2,1-3H3. The molecule has 4 heteroatoms. The molecule has 0 aliphatic carbocycles. The fraction of sp³-hybridized carbons (Fsp3) is 0.500. The van der Waals surface area contributed by atoms with Crippen molar-refractivity contribution in [2.75, 3.05) is 33.6 Å². The zero-order chi connectivity index (χ0) is 12.0. The highest BCUT2D eigenvalue weighted by atomic mass is 32.1. The van der Waals surface area contributed by atoms with E-state index in [9.17, 15) is 0 Å². The molecule has 0 amide bonds. The zero-order valence-corrected chi connectivity index (χ0v) is 11.0. The van der Waals surface area contributed by atoms with Crippen LogP contribution in [0.5, 0.6) is 11.5 Å². The van der Waals surface area contributed by atoms with E-state index in [0.717, 1.165) is 35.9 Å². The lowest BCUT2D eigenvalue weighted by molar-refractivity contribution is 0.334. The van der Waals surface area contributed by atoms with Crippen LogP contribution in [0.25, 0.3) is 0 Å². The molecule has 16 heavy (non-hydrogen) atoms. The number of hydrogen-bond acceptors (Lipinski definition) is 4. The van der Waals surface area contributed by atoms with Crippen LogP contribution in [0.4, 0.5) is 0 Å². The molecule has 0 N–H and O–H groups in total. The molecule has 0 unspecified atom stereocenters. The maximum atomic E-state index is 5.34. The van der Waals surface area contributed by atoms with E-state index < -0.39 is 0 Å². The molecule has 0 aliphatic rings. The Morgan fingerprint density at radius 3 is 2.56 bits per heavy atom. The number of rotatable bonds is 6. The second kappa shape index (κ2) is 6.66. The van der Waals surface area contributed by atoms with Crippen molar-refractivity contribution in [1.29, 1.82) is 0 Å². The van der Waals surface area contributed by atoms with E-state index in [4.69, 9.17) is 9.47 Å². The maximum Gasteiger partial charge on any atom is 0.127 e. The third-order valence-corrected chi connectivity index (χ3v) is 2.62. The van der Waals surface area contributed by atoms with Crippen LogP contribution in [0.15, 0.2) is 18.2 Å². The van der Waals surface area contributed by atoms with Gasteiger partial charge in [0.15, 0.2) is 0 Å². The Morgan fingerprint density at radius 2 is 2.00 bits per heavy atom. The van der Waals surface area contributed by atoms with Gasteiger partial charge in [0.05, 0.1) is 14.2 Å². The van der Waals surface area contributed by atoms with E-state index in [-0.39, 0.29) is 0 Å². The van der Waals surface area contributed by atoms with E-state index >= 15 is 0 Å². The van der Waals surface area contributed by atoms with Crippen molar-refractivity contribution in [1.82, 2.24) is 4.90 Å². The summed E-state index contributed by atoms with van der Waals surface area (Å²) in [4.78, 5) is 2.21. The van der Waals surface area contributed by atoms with E-state index in [1.807, 2.05) is 18.2 Å². The number of hydrogen-bond donors (Lipinski definition) is 1. The molecule has 90 valence electrons. The molecule has 0 spiro atoms. The first-order valence-corrected chi connectivity index (χ1v) is 5.84. The van der Waals surface area contributed by atoms with Gasteiger partial charge in [-0.2, -0.15) is 12.6 Å². The highest BCUT2D eigenvalue weighted by Crippen LogP contribution is 2.25. The van der Waals surface area contributed by atoms with E-state index in [0.29, 0.717) is 0 Å². The molecule has 0 radical (unpaired) electrons. The lowest BCUT2D eigenvalue weighted by atomic mass is 10.2. The van der Waals surface area contributed by atoms with Crippen LogP contribution in [0.3, 0.4) is 0 Å². The minimum absolute atomic E-state index is 0.817. The molecule has 0 aromatic heterocycles. The number of benzene rings is 1. The first-order valence-electron chi connectivity index (χ1n) is 5.21. The van der Waals surface area contributed by atoms with Crippen LogP contribution in [-0.2, 0) is 6.54 Å². The van der Waals surface area contributed by atoms with Gasteiger partial charge in [-0.25, -0.2) is 0 Å². The average molecular weight is 241 g/mol. The van der Waals surface area contributed by atoms with Crippen LogP contribution in [0.1, 0.15) is 5.56 Å². The zero-order valence-electron chi connectivity index (χ0n) is 10.1. The maximum absolute atomic E-state index is 5.34. The van der Waals surface area contributed by atoms with E-state index in [1.165, 1.54) is 0 Å². The quantitative estimate of drug-likeness (QED) is 0.771. The summed E-state index contributed by atoms with van der Waals surface area (Å²) in [5.41, 5.74) is 1.16. The van der Waals surface area contributed by atoms with Gasteiger partial charge in [-0.3, -0.25) is 0 Å². The number of ether oxygens (including phenoxy) is 2. The molecule has 0 fully saturated rings. The van der Waals surface area contributed by atoms with Crippen LogP contribution in [-0.4, -0.2) is 38.5 Å². The minimum Gasteiger partial charge on any atom is -0.497 e. The van der Waals surface area contributed by atoms with Crippen molar-refractivity contribution < 1.29 is 9.47 Å². The summed E-state index contributed by atoms with van der Waals surface area (Å²) in [6.07, 6.45) is 0. The van der Waals surface area contributed by atoms with Crippen LogP contribution in [0, 0.1) is 0 Å². The fourth-order valence-corrected chi connectivity index (χ4v) is 1.86. The van der Waals surface area contributed by atoms with Gasteiger partial charge >= 0.3 is 0 Å². The topological polar surface area (TPSA) is 21.7 Å². The van der Waals surface area contributed by atoms with Crippen LogP contribution < -0.4 is 9.47 Å². The summed E-state index contributed by atoms with van der Waals surface area (Å²) in [6, 6.07) is 5.89. The third-order valence-electron chi connectivity index (χ3n) is 2.42. The van der Waals surface area contributed by atoms with Crippen molar-refractivity contribution >= 4 is 12.6 Å². The third kappa shape index (κ3) is 3.61. The lowest BCUT2D eigenvalue weighted by Gasteiger charge is -2.17. The molecule has 1 aromatic carbocycles. The summed E-state index contributed by atoms with van der Waals surface area (Å²) < 4.78 is 10.5. The van der Waals surface area contributed by atoms with Crippen molar-refractivity contribution in [3.8, 4) is 11.5 Å². The van der Waals surface area contributed by atoms with Gasteiger partial charge < -0.3 is 14.4 Å². The number of thiol groups is 1. The molecule has 1 rings (SSSR count). The average Bonchev–Trinajstić information content (AvgIpc) is 2.30. The summed E-state index contributed by atoms with van der Waals surface area (Å²) in [5.74, 6) is 2.54. The van der Waals surface area contributed by atoms with Crippen molar-refractivity contribution in [2.45, 2.75) is 6.54 Å². The molecule has 0 saturated carbocycles. The Hall–Kier alpha value is -0.870. The lowest BCUT2D eigenvalue weighted by Crippen LogP contribution is -2.20. The van der Waals surface area contributed by atoms with Gasteiger partial charge in [-0.15, -0.1) is 0 Å². The van der Waals surface area contributed by atoms with Gasteiger partial charge in [-0.05, 0) is 13.1 Å². The molecule has 3 nitrogen and oxygen atoms in total. The van der Waals surface area contributed by atoms with Gasteiger partial charge in [-0.1, -0.05) is 6.07 Å². The monoisotopic (exact) mass is 241 g/mol. The predicted molar refractivity (Wildman–Crippen MR) is 69.7 cm³/mol. The van der Waals surface area contributed by atoms with Crippen LogP contribution >= 0.6 is 12.6 Å². The normalized spacial score (nSPS) is 10.6. The predicted octanol–water partition coefficient (Wildman–Crippen LogP) is 2.07. The molecule has 0 aliphatic heterocycles. The van der Waals surface area contributed by atoms with Crippen molar-refractivity contribution in [3.05, 3.63) is 23.8 Å². The van der Waals surface area contributed by atoms with Gasteiger partial charge in [0.25, 0.3) is 0 Å². The first kappa shape index (κ1) is 13.2. The highest BCUT2D eigenvalue weighted by molar-refractivity contribution is 7.80. The summed E-state index contributed by atoms with van der Waals surface area (Å²) in [5, 5.41) is 0. The number of methoxy groups -OCH3 is 2. The Kier molecular flexibility index (Phi) is 5.49. The van der Waals surface area contributed by atoms with Crippen molar-refractivity contribution in [2.24, 2.45) is 0 Å². The molecule has 0 atom stereocenters. The Bertz CT molecular complexity index is 331. The second-order valence-electron chi connectivity index (χ2n) is 3.64. The SMILES string of the molecule is COc1ccc(CN(C)CCS)c(OC)c1.